The molecule has 0 aliphatic rings. The zero-order valence-corrected chi connectivity index (χ0v) is 21.3. The Kier molecular flexibility index (Phi) is 8.43. The summed E-state index contributed by atoms with van der Waals surface area (Å²) < 4.78 is 40.8. The van der Waals surface area contributed by atoms with Crippen molar-refractivity contribution in [3.8, 4) is 22.3 Å². The highest BCUT2D eigenvalue weighted by Gasteiger charge is 2.18. The highest BCUT2D eigenvalue weighted by atomic mass is 19.3. The molecule has 0 unspecified atom stereocenters. The van der Waals surface area contributed by atoms with Crippen molar-refractivity contribution in [3.05, 3.63) is 107 Å². The van der Waals surface area contributed by atoms with Crippen molar-refractivity contribution in [2.75, 3.05) is 18.1 Å². The molecule has 0 aliphatic heterocycles. The third-order valence-electron chi connectivity index (χ3n) is 5.98. The number of aromatic nitrogens is 2. The van der Waals surface area contributed by atoms with Gasteiger partial charge >= 0.3 is 0 Å². The van der Waals surface area contributed by atoms with E-state index >= 15 is 0 Å². The van der Waals surface area contributed by atoms with E-state index in [1.807, 2.05) is 6.07 Å². The summed E-state index contributed by atoms with van der Waals surface area (Å²) in [6.07, 6.45) is 4.15. The standard InChI is InChI=1S/C29H25F3N6O2/c1-35-12-20(11-33)19-10-23(28(34)36-13-19)17-4-8-22(9-5-17)37-29(40)25-15-38(16-26(31)32)14-24(27(25)39)18-2-6-21(30)7-3-18/h2-15,26H,16,33H2,1H3,(H2,34,36)(H,37,40). The summed E-state index contributed by atoms with van der Waals surface area (Å²) in [5.74, 6) is -1.03. The molecule has 0 spiro atoms. The number of rotatable bonds is 8. The van der Waals surface area contributed by atoms with E-state index in [4.69, 9.17) is 11.5 Å². The molecule has 4 rings (SSSR count). The second kappa shape index (κ2) is 12.1. The van der Waals surface area contributed by atoms with Crippen LogP contribution in [0.3, 0.4) is 0 Å². The number of hydrogen-bond donors (Lipinski definition) is 3. The molecular formula is C29H25F3N6O2. The van der Waals surface area contributed by atoms with Gasteiger partial charge < -0.3 is 21.4 Å². The lowest BCUT2D eigenvalue weighted by Crippen LogP contribution is -2.25. The molecular weight excluding hydrogens is 521 g/mol. The lowest BCUT2D eigenvalue weighted by Gasteiger charge is -2.13. The number of carbonyl (C=O) groups is 1. The molecule has 2 heterocycles. The van der Waals surface area contributed by atoms with Crippen LogP contribution in [0.25, 0.3) is 27.8 Å². The zero-order valence-electron chi connectivity index (χ0n) is 21.3. The van der Waals surface area contributed by atoms with Crippen molar-refractivity contribution in [2.24, 2.45) is 10.7 Å². The molecule has 11 heteroatoms. The van der Waals surface area contributed by atoms with Crippen molar-refractivity contribution < 1.29 is 18.0 Å². The fraction of sp³-hybridized carbons (Fsp3) is 0.103. The SMILES string of the molecule is CN=CC(=CN)c1cnc(N)c(-c2ccc(NC(=O)c3cn(CC(F)F)cc(-c4ccc(F)cc4)c3=O)cc2)c1. The smallest absolute Gasteiger partial charge is 0.261 e. The molecule has 0 fully saturated rings. The Balaban J connectivity index is 1.64. The quantitative estimate of drug-likeness (QED) is 0.273. The number of allylic oxidation sites excluding steroid dienone is 1. The number of carbonyl (C=O) groups excluding carboxylic acids is 1. The first-order valence-corrected chi connectivity index (χ1v) is 12.0. The first kappa shape index (κ1) is 27.8. The zero-order chi connectivity index (χ0) is 28.8. The largest absolute Gasteiger partial charge is 0.404 e. The molecule has 4 aromatic rings. The van der Waals surface area contributed by atoms with Gasteiger partial charge in [0.25, 0.3) is 12.3 Å². The van der Waals surface area contributed by atoms with E-state index < -0.39 is 30.1 Å². The Hall–Kier alpha value is -5.19. The van der Waals surface area contributed by atoms with Gasteiger partial charge in [-0.3, -0.25) is 14.6 Å². The number of benzene rings is 2. The lowest BCUT2D eigenvalue weighted by molar-refractivity contribution is 0.102. The number of nitrogens with one attached hydrogen (secondary N) is 1. The fourth-order valence-electron chi connectivity index (χ4n) is 4.04. The van der Waals surface area contributed by atoms with E-state index in [2.05, 4.69) is 15.3 Å². The van der Waals surface area contributed by atoms with Crippen LogP contribution in [0.4, 0.5) is 24.7 Å². The third-order valence-corrected chi connectivity index (χ3v) is 5.98. The number of anilines is 2. The second-order valence-electron chi connectivity index (χ2n) is 8.71. The minimum absolute atomic E-state index is 0.00878. The van der Waals surface area contributed by atoms with Crippen LogP contribution in [0.5, 0.6) is 0 Å². The Morgan fingerprint density at radius 3 is 2.35 bits per heavy atom. The lowest BCUT2D eigenvalue weighted by atomic mass is 10.0. The molecule has 40 heavy (non-hydrogen) atoms. The molecule has 204 valence electrons. The van der Waals surface area contributed by atoms with E-state index in [0.717, 1.165) is 22.9 Å². The van der Waals surface area contributed by atoms with Crippen LogP contribution in [-0.2, 0) is 6.54 Å². The van der Waals surface area contributed by atoms with Crippen molar-refractivity contribution in [1.29, 1.82) is 0 Å². The summed E-state index contributed by atoms with van der Waals surface area (Å²) >= 11 is 0. The van der Waals surface area contributed by atoms with E-state index in [1.54, 1.807) is 43.7 Å². The van der Waals surface area contributed by atoms with Gasteiger partial charge in [-0.2, -0.15) is 0 Å². The van der Waals surface area contributed by atoms with Gasteiger partial charge in [-0.05, 0) is 41.5 Å². The minimum Gasteiger partial charge on any atom is -0.404 e. The monoisotopic (exact) mass is 546 g/mol. The maximum Gasteiger partial charge on any atom is 0.261 e. The Morgan fingerprint density at radius 1 is 1.07 bits per heavy atom. The second-order valence-corrected chi connectivity index (χ2v) is 8.71. The van der Waals surface area contributed by atoms with Crippen molar-refractivity contribution in [1.82, 2.24) is 9.55 Å². The Bertz CT molecular complexity index is 1650. The predicted octanol–water partition coefficient (Wildman–Crippen LogP) is 4.82. The molecule has 0 bridgehead atoms. The predicted molar refractivity (Wildman–Crippen MR) is 151 cm³/mol. The van der Waals surface area contributed by atoms with E-state index in [0.29, 0.717) is 33.5 Å². The number of halogens is 3. The summed E-state index contributed by atoms with van der Waals surface area (Å²) in [4.78, 5) is 34.5. The average molecular weight is 547 g/mol. The summed E-state index contributed by atoms with van der Waals surface area (Å²) in [7, 11) is 1.62. The summed E-state index contributed by atoms with van der Waals surface area (Å²) in [6, 6.07) is 13.4. The first-order valence-electron chi connectivity index (χ1n) is 12.0. The van der Waals surface area contributed by atoms with Gasteiger partial charge in [0.05, 0.1) is 6.54 Å². The topological polar surface area (TPSA) is 128 Å². The number of nitrogens with zero attached hydrogens (tertiary/aromatic N) is 3. The molecule has 8 nitrogen and oxygen atoms in total. The van der Waals surface area contributed by atoms with Gasteiger partial charge in [-0.1, -0.05) is 24.3 Å². The van der Waals surface area contributed by atoms with Gasteiger partial charge in [0.2, 0.25) is 5.43 Å². The number of amides is 1. The molecule has 0 saturated heterocycles. The van der Waals surface area contributed by atoms with Crippen LogP contribution in [0.1, 0.15) is 15.9 Å². The van der Waals surface area contributed by atoms with Crippen LogP contribution < -0.4 is 22.2 Å². The normalized spacial score (nSPS) is 11.8. The van der Waals surface area contributed by atoms with Gasteiger partial charge in [-0.25, -0.2) is 18.2 Å². The maximum atomic E-state index is 13.4. The van der Waals surface area contributed by atoms with Crippen LogP contribution in [0.15, 0.2) is 89.2 Å². The number of pyridine rings is 2. The molecule has 2 aromatic carbocycles. The van der Waals surface area contributed by atoms with Crippen LogP contribution in [0, 0.1) is 5.82 Å². The summed E-state index contributed by atoms with van der Waals surface area (Å²) in [5, 5.41) is 2.63. The van der Waals surface area contributed by atoms with Crippen LogP contribution >= 0.6 is 0 Å². The van der Waals surface area contributed by atoms with Gasteiger partial charge in [0.15, 0.2) is 0 Å². The van der Waals surface area contributed by atoms with E-state index in [9.17, 15) is 22.8 Å². The van der Waals surface area contributed by atoms with Crippen molar-refractivity contribution >= 4 is 29.2 Å². The molecule has 5 N–H and O–H groups in total. The van der Waals surface area contributed by atoms with Crippen LogP contribution in [-0.4, -0.2) is 35.1 Å². The van der Waals surface area contributed by atoms with Gasteiger partial charge in [-0.15, -0.1) is 0 Å². The van der Waals surface area contributed by atoms with E-state index in [1.165, 1.54) is 24.5 Å². The van der Waals surface area contributed by atoms with Gasteiger partial charge in [0.1, 0.15) is 17.2 Å². The molecule has 1 amide bonds. The molecule has 0 atom stereocenters. The molecule has 2 aromatic heterocycles. The first-order chi connectivity index (χ1) is 19.2. The number of aliphatic imine (C=N–C) groups is 1. The Morgan fingerprint density at radius 2 is 1.73 bits per heavy atom. The number of hydrogen-bond acceptors (Lipinski definition) is 6. The molecule has 0 saturated carbocycles. The van der Waals surface area contributed by atoms with Crippen molar-refractivity contribution in [3.63, 3.8) is 0 Å². The summed E-state index contributed by atoms with van der Waals surface area (Å²) in [5.41, 5.74) is 14.1. The third kappa shape index (κ3) is 6.26. The maximum absolute atomic E-state index is 13.4. The summed E-state index contributed by atoms with van der Waals surface area (Å²) in [6.45, 7) is -0.733. The van der Waals surface area contributed by atoms with Gasteiger partial charge in [0, 0.05) is 66.0 Å². The fourth-order valence-corrected chi connectivity index (χ4v) is 4.04. The highest BCUT2D eigenvalue weighted by Crippen LogP contribution is 2.28. The van der Waals surface area contributed by atoms with Crippen molar-refractivity contribution in [2.45, 2.75) is 13.0 Å². The number of nitrogens with two attached hydrogens (primary N) is 2. The van der Waals surface area contributed by atoms with E-state index in [-0.39, 0.29) is 16.9 Å². The Labute approximate surface area is 227 Å². The van der Waals surface area contributed by atoms with Crippen LogP contribution in [0.2, 0.25) is 0 Å². The molecule has 0 radical (unpaired) electrons. The number of alkyl halides is 2. The minimum atomic E-state index is -2.72. The molecule has 0 aliphatic carbocycles. The number of nitrogen functional groups attached to an aromatic ring is 1. The highest BCUT2D eigenvalue weighted by molar-refractivity contribution is 6.10. The average Bonchev–Trinajstić information content (AvgIpc) is 2.93.